The average Bonchev–Trinajstić information content (AvgIpc) is 3.27. The monoisotopic (exact) mass is 379 g/mol. The molecule has 2 heterocycles. The van der Waals surface area contributed by atoms with Crippen LogP contribution in [0, 0.1) is 12.3 Å². The van der Waals surface area contributed by atoms with Gasteiger partial charge in [0.2, 0.25) is 0 Å². The predicted octanol–water partition coefficient (Wildman–Crippen LogP) is 3.36. The number of rotatable bonds is 4. The van der Waals surface area contributed by atoms with Crippen LogP contribution >= 0.6 is 0 Å². The molecule has 7 nitrogen and oxygen atoms in total. The molecular weight excluding hydrogens is 354 g/mol. The Morgan fingerprint density at radius 3 is 2.68 bits per heavy atom. The Morgan fingerprint density at radius 1 is 1.29 bits per heavy atom. The van der Waals surface area contributed by atoms with E-state index in [1.165, 1.54) is 0 Å². The quantitative estimate of drug-likeness (QED) is 0.728. The SMILES string of the molecule is COc1ccc(-n2ncc3c2CC(C)(C)C[C@@H]3NC(=O)c2cn[nH]c2C)cc1. The van der Waals surface area contributed by atoms with Crippen molar-refractivity contribution < 1.29 is 9.53 Å². The van der Waals surface area contributed by atoms with E-state index in [-0.39, 0.29) is 17.4 Å². The van der Waals surface area contributed by atoms with Crippen LogP contribution in [0.1, 0.15) is 53.6 Å². The summed E-state index contributed by atoms with van der Waals surface area (Å²) in [6, 6.07) is 7.76. The smallest absolute Gasteiger partial charge is 0.255 e. The second kappa shape index (κ2) is 6.82. The summed E-state index contributed by atoms with van der Waals surface area (Å²) in [5.41, 5.74) is 4.57. The summed E-state index contributed by atoms with van der Waals surface area (Å²) in [4.78, 5) is 12.8. The summed E-state index contributed by atoms with van der Waals surface area (Å²) in [6.45, 7) is 6.30. The average molecular weight is 379 g/mol. The first-order chi connectivity index (χ1) is 13.4. The predicted molar refractivity (Wildman–Crippen MR) is 106 cm³/mol. The number of hydrogen-bond acceptors (Lipinski definition) is 4. The van der Waals surface area contributed by atoms with E-state index in [1.54, 1.807) is 13.3 Å². The summed E-state index contributed by atoms with van der Waals surface area (Å²) >= 11 is 0. The first kappa shape index (κ1) is 18.3. The first-order valence-electron chi connectivity index (χ1n) is 9.40. The molecule has 0 bridgehead atoms. The Hall–Kier alpha value is -3.09. The van der Waals surface area contributed by atoms with Crippen LogP contribution in [-0.2, 0) is 6.42 Å². The number of carbonyl (C=O) groups is 1. The summed E-state index contributed by atoms with van der Waals surface area (Å²) in [5, 5.41) is 14.6. The van der Waals surface area contributed by atoms with Gasteiger partial charge < -0.3 is 10.1 Å². The van der Waals surface area contributed by atoms with Crippen LogP contribution in [0.4, 0.5) is 0 Å². The number of nitrogens with zero attached hydrogens (tertiary/aromatic N) is 3. The van der Waals surface area contributed by atoms with E-state index in [2.05, 4.69) is 34.5 Å². The Bertz CT molecular complexity index is 1000. The Labute approximate surface area is 164 Å². The van der Waals surface area contributed by atoms with Crippen molar-refractivity contribution in [3.05, 3.63) is 59.2 Å². The lowest BCUT2D eigenvalue weighted by molar-refractivity contribution is 0.0918. The maximum Gasteiger partial charge on any atom is 0.255 e. The number of ether oxygens (including phenoxy) is 1. The number of aromatic amines is 1. The number of methoxy groups -OCH3 is 1. The summed E-state index contributed by atoms with van der Waals surface area (Å²) < 4.78 is 7.22. The fraction of sp³-hybridized carbons (Fsp3) is 0.381. The lowest BCUT2D eigenvalue weighted by atomic mass is 9.74. The molecule has 0 unspecified atom stereocenters. The Balaban J connectivity index is 1.67. The van der Waals surface area contributed by atoms with E-state index >= 15 is 0 Å². The van der Waals surface area contributed by atoms with E-state index in [1.807, 2.05) is 42.1 Å². The van der Waals surface area contributed by atoms with Crippen LogP contribution in [0.25, 0.3) is 5.69 Å². The van der Waals surface area contributed by atoms with Gasteiger partial charge in [-0.1, -0.05) is 13.8 Å². The molecule has 2 N–H and O–H groups in total. The zero-order valence-electron chi connectivity index (χ0n) is 16.6. The highest BCUT2D eigenvalue weighted by Crippen LogP contribution is 2.41. The molecule has 1 aromatic carbocycles. The highest BCUT2D eigenvalue weighted by Gasteiger charge is 2.36. The minimum Gasteiger partial charge on any atom is -0.497 e. The molecule has 0 radical (unpaired) electrons. The molecule has 28 heavy (non-hydrogen) atoms. The summed E-state index contributed by atoms with van der Waals surface area (Å²) in [5.74, 6) is 0.697. The van der Waals surface area contributed by atoms with Crippen molar-refractivity contribution in [1.82, 2.24) is 25.3 Å². The van der Waals surface area contributed by atoms with Gasteiger partial charge in [0.05, 0.1) is 42.5 Å². The minimum atomic E-state index is -0.114. The molecule has 1 aliphatic carbocycles. The standard InChI is InChI=1S/C21H25N5O2/c1-13-16(11-22-25-13)20(27)24-18-9-21(2,3)10-19-17(18)12-23-26(19)14-5-7-15(28-4)8-6-14/h5-8,11-12,18H,9-10H2,1-4H3,(H,22,25)(H,24,27)/t18-/m0/s1. The Morgan fingerprint density at radius 2 is 2.04 bits per heavy atom. The summed E-state index contributed by atoms with van der Waals surface area (Å²) in [6.07, 6.45) is 5.20. The molecule has 1 aliphatic rings. The maximum absolute atomic E-state index is 12.8. The molecule has 146 valence electrons. The van der Waals surface area contributed by atoms with Crippen LogP contribution in [0.15, 0.2) is 36.7 Å². The van der Waals surface area contributed by atoms with Crippen molar-refractivity contribution in [3.63, 3.8) is 0 Å². The van der Waals surface area contributed by atoms with Crippen LogP contribution in [0.3, 0.4) is 0 Å². The molecule has 2 aromatic heterocycles. The number of aromatic nitrogens is 4. The van der Waals surface area contributed by atoms with E-state index in [0.717, 1.165) is 41.2 Å². The highest BCUT2D eigenvalue weighted by atomic mass is 16.5. The zero-order valence-corrected chi connectivity index (χ0v) is 16.6. The second-order valence-electron chi connectivity index (χ2n) is 8.14. The number of H-pyrrole nitrogens is 1. The van der Waals surface area contributed by atoms with Gasteiger partial charge in [-0.05, 0) is 49.4 Å². The fourth-order valence-corrected chi connectivity index (χ4v) is 3.93. The number of hydrogen-bond donors (Lipinski definition) is 2. The molecule has 0 aliphatic heterocycles. The number of benzene rings is 1. The molecule has 1 atom stereocenters. The van der Waals surface area contributed by atoms with Crippen LogP contribution < -0.4 is 10.1 Å². The van der Waals surface area contributed by atoms with Crippen LogP contribution in [0.5, 0.6) is 5.75 Å². The summed E-state index contributed by atoms with van der Waals surface area (Å²) in [7, 11) is 1.66. The third-order valence-corrected chi connectivity index (χ3v) is 5.38. The van der Waals surface area contributed by atoms with Gasteiger partial charge in [-0.15, -0.1) is 0 Å². The molecule has 4 rings (SSSR count). The normalized spacial score (nSPS) is 17.8. The topological polar surface area (TPSA) is 84.8 Å². The van der Waals surface area contributed by atoms with Gasteiger partial charge in [0.25, 0.3) is 5.91 Å². The van der Waals surface area contributed by atoms with Gasteiger partial charge in [0.1, 0.15) is 5.75 Å². The van der Waals surface area contributed by atoms with Crippen LogP contribution in [-0.4, -0.2) is 33.0 Å². The van der Waals surface area contributed by atoms with Gasteiger partial charge in [-0.3, -0.25) is 9.89 Å². The van der Waals surface area contributed by atoms with E-state index in [0.29, 0.717) is 5.56 Å². The molecule has 0 saturated carbocycles. The minimum absolute atomic E-state index is 0.0423. The van der Waals surface area contributed by atoms with Gasteiger partial charge in [0, 0.05) is 11.3 Å². The van der Waals surface area contributed by atoms with Crippen molar-refractivity contribution in [3.8, 4) is 11.4 Å². The molecule has 3 aromatic rings. The number of carbonyl (C=O) groups excluding carboxylic acids is 1. The lowest BCUT2D eigenvalue weighted by Gasteiger charge is -2.36. The van der Waals surface area contributed by atoms with E-state index in [4.69, 9.17) is 4.74 Å². The van der Waals surface area contributed by atoms with Gasteiger partial charge in [0.15, 0.2) is 0 Å². The largest absolute Gasteiger partial charge is 0.497 e. The fourth-order valence-electron chi connectivity index (χ4n) is 3.93. The maximum atomic E-state index is 12.8. The van der Waals surface area contributed by atoms with E-state index < -0.39 is 0 Å². The number of aryl methyl sites for hydroxylation is 1. The van der Waals surface area contributed by atoms with Gasteiger partial charge >= 0.3 is 0 Å². The molecule has 0 spiro atoms. The molecule has 1 amide bonds. The van der Waals surface area contributed by atoms with Crippen molar-refractivity contribution in [1.29, 1.82) is 0 Å². The zero-order chi connectivity index (χ0) is 19.9. The molecular formula is C21H25N5O2. The molecule has 7 heteroatoms. The number of fused-ring (bicyclic) bond motifs is 1. The third-order valence-electron chi connectivity index (χ3n) is 5.38. The van der Waals surface area contributed by atoms with Crippen molar-refractivity contribution in [2.45, 2.75) is 39.7 Å². The van der Waals surface area contributed by atoms with E-state index in [9.17, 15) is 4.79 Å². The molecule has 0 saturated heterocycles. The highest BCUT2D eigenvalue weighted by molar-refractivity contribution is 5.95. The van der Waals surface area contributed by atoms with Crippen molar-refractivity contribution in [2.24, 2.45) is 5.41 Å². The second-order valence-corrected chi connectivity index (χ2v) is 8.14. The first-order valence-corrected chi connectivity index (χ1v) is 9.40. The Kier molecular flexibility index (Phi) is 4.45. The third kappa shape index (κ3) is 3.28. The van der Waals surface area contributed by atoms with Crippen molar-refractivity contribution >= 4 is 5.91 Å². The number of amides is 1. The lowest BCUT2D eigenvalue weighted by Crippen LogP contribution is -2.36. The van der Waals surface area contributed by atoms with Gasteiger partial charge in [-0.25, -0.2) is 4.68 Å². The molecule has 0 fully saturated rings. The van der Waals surface area contributed by atoms with Crippen molar-refractivity contribution in [2.75, 3.05) is 7.11 Å². The van der Waals surface area contributed by atoms with Gasteiger partial charge in [-0.2, -0.15) is 10.2 Å². The van der Waals surface area contributed by atoms with Crippen LogP contribution in [0.2, 0.25) is 0 Å². The number of nitrogens with one attached hydrogen (secondary N) is 2.